The number of hydrogen-bond donors (Lipinski definition) is 1. The summed E-state index contributed by atoms with van der Waals surface area (Å²) in [5, 5.41) is 2.97. The van der Waals surface area contributed by atoms with Gasteiger partial charge in [-0.3, -0.25) is 10.1 Å². The number of hydrogen-bond acceptors (Lipinski definition) is 4. The maximum atomic E-state index is 12.0. The number of aromatic nitrogens is 1. The first-order chi connectivity index (χ1) is 10.2. The van der Waals surface area contributed by atoms with Crippen molar-refractivity contribution in [2.75, 3.05) is 0 Å². The van der Waals surface area contributed by atoms with Gasteiger partial charge in [0.05, 0.1) is 10.9 Å². The number of thiocarbonyl (C=S) groups is 1. The molecule has 0 atom stereocenters. The molecule has 1 amide bonds. The first-order valence-electron chi connectivity index (χ1n) is 6.18. The molecular weight excluding hydrogens is 288 g/mol. The normalized spacial score (nSPS) is 10.5. The van der Waals surface area contributed by atoms with Crippen molar-refractivity contribution in [2.45, 2.75) is 0 Å². The van der Waals surface area contributed by atoms with Gasteiger partial charge in [0.2, 0.25) is 5.11 Å². The Morgan fingerprint density at radius 2 is 1.71 bits per heavy atom. The predicted molar refractivity (Wildman–Crippen MR) is 82.4 cm³/mol. The van der Waals surface area contributed by atoms with E-state index in [0.29, 0.717) is 16.5 Å². The molecule has 1 N–H and O–H groups in total. The summed E-state index contributed by atoms with van der Waals surface area (Å²) in [6.45, 7) is 0. The highest BCUT2D eigenvalue weighted by Crippen LogP contribution is 2.10. The third-order valence-corrected chi connectivity index (χ3v) is 3.23. The molecule has 0 saturated heterocycles. The maximum absolute atomic E-state index is 12.0. The van der Waals surface area contributed by atoms with Crippen LogP contribution in [0.5, 0.6) is 0 Å². The van der Waals surface area contributed by atoms with Crippen LogP contribution in [0.25, 0.3) is 10.9 Å². The summed E-state index contributed by atoms with van der Waals surface area (Å²) in [4.78, 5) is 23.7. The molecule has 1 heterocycles. The van der Waals surface area contributed by atoms with E-state index in [-0.39, 0.29) is 11.0 Å². The lowest BCUT2D eigenvalue weighted by atomic mass is 10.2. The first kappa shape index (κ1) is 13.3. The van der Waals surface area contributed by atoms with Gasteiger partial charge in [0.1, 0.15) is 0 Å². The molecule has 1 aromatic heterocycles. The van der Waals surface area contributed by atoms with Crippen LogP contribution in [0.15, 0.2) is 63.9 Å². The zero-order valence-corrected chi connectivity index (χ0v) is 11.6. The molecule has 3 rings (SSSR count). The highest BCUT2D eigenvalue weighted by molar-refractivity contribution is 7.80. The standard InChI is InChI=1S/C15H10N2O3S/c18-13(10-6-2-1-3-7-10)16-15(21)17-12-9-5-4-8-11(12)14(19)20-17/h1-9H,(H,16,18,21). The number of carbonyl (C=O) groups excluding carboxylic acids is 1. The Hall–Kier alpha value is -2.73. The van der Waals surface area contributed by atoms with Crippen LogP contribution in [0, 0.1) is 0 Å². The molecule has 0 aliphatic heterocycles. The second kappa shape index (κ2) is 5.34. The fourth-order valence-electron chi connectivity index (χ4n) is 1.97. The molecule has 104 valence electrons. The highest BCUT2D eigenvalue weighted by atomic mass is 32.1. The van der Waals surface area contributed by atoms with Crippen LogP contribution < -0.4 is 10.9 Å². The molecular formula is C15H10N2O3S. The van der Waals surface area contributed by atoms with Gasteiger partial charge in [0.25, 0.3) is 5.91 Å². The van der Waals surface area contributed by atoms with Crippen molar-refractivity contribution in [3.63, 3.8) is 0 Å². The molecule has 2 aromatic carbocycles. The van der Waals surface area contributed by atoms with Crippen molar-refractivity contribution in [3.8, 4) is 0 Å². The van der Waals surface area contributed by atoms with E-state index in [4.69, 9.17) is 16.7 Å². The Labute approximate surface area is 124 Å². The summed E-state index contributed by atoms with van der Waals surface area (Å²) in [5.74, 6) is -0.360. The molecule has 3 aromatic rings. The quantitative estimate of drug-likeness (QED) is 0.699. The minimum absolute atomic E-state index is 0.0159. The van der Waals surface area contributed by atoms with Gasteiger partial charge < -0.3 is 4.52 Å². The van der Waals surface area contributed by atoms with Crippen molar-refractivity contribution in [3.05, 3.63) is 70.6 Å². The second-order valence-electron chi connectivity index (χ2n) is 4.32. The number of nitrogens with zero attached hydrogens (tertiary/aromatic N) is 1. The van der Waals surface area contributed by atoms with E-state index < -0.39 is 5.63 Å². The van der Waals surface area contributed by atoms with Crippen molar-refractivity contribution < 1.29 is 9.32 Å². The van der Waals surface area contributed by atoms with Gasteiger partial charge in [-0.2, -0.15) is 0 Å². The smallest absolute Gasteiger partial charge is 0.328 e. The summed E-state index contributed by atoms with van der Waals surface area (Å²) in [5.41, 5.74) is 0.487. The first-order valence-corrected chi connectivity index (χ1v) is 6.59. The molecule has 0 spiro atoms. The topological polar surface area (TPSA) is 64.2 Å². The van der Waals surface area contributed by atoms with Gasteiger partial charge in [-0.25, -0.2) is 4.79 Å². The minimum atomic E-state index is -0.498. The number of rotatable bonds is 1. The van der Waals surface area contributed by atoms with Crippen LogP contribution >= 0.6 is 12.2 Å². The van der Waals surface area contributed by atoms with Gasteiger partial charge in [-0.05, 0) is 36.5 Å². The van der Waals surface area contributed by atoms with Crippen LogP contribution in [0.3, 0.4) is 0 Å². The number of carbonyl (C=O) groups is 1. The molecule has 0 aliphatic rings. The third kappa shape index (κ3) is 2.48. The zero-order chi connectivity index (χ0) is 14.8. The maximum Gasteiger partial charge on any atom is 0.365 e. The van der Waals surface area contributed by atoms with Crippen LogP contribution in [0.1, 0.15) is 10.4 Å². The number of para-hydroxylation sites is 1. The molecule has 21 heavy (non-hydrogen) atoms. The fourth-order valence-corrected chi connectivity index (χ4v) is 2.19. The lowest BCUT2D eigenvalue weighted by Crippen LogP contribution is -2.33. The summed E-state index contributed by atoms with van der Waals surface area (Å²) < 4.78 is 6.22. The molecule has 0 bridgehead atoms. The Balaban J connectivity index is 1.92. The van der Waals surface area contributed by atoms with Crippen molar-refractivity contribution in [1.82, 2.24) is 10.1 Å². The summed E-state index contributed by atoms with van der Waals surface area (Å²) in [6, 6.07) is 15.5. The van der Waals surface area contributed by atoms with Gasteiger partial charge in [0, 0.05) is 5.56 Å². The molecule has 0 unspecified atom stereocenters. The van der Waals surface area contributed by atoms with Gasteiger partial charge in [-0.1, -0.05) is 30.3 Å². The van der Waals surface area contributed by atoms with Crippen LogP contribution in [-0.4, -0.2) is 15.8 Å². The van der Waals surface area contributed by atoms with Crippen LogP contribution in [0.4, 0.5) is 0 Å². The average Bonchev–Trinajstić information content (AvgIpc) is 2.86. The van der Waals surface area contributed by atoms with Gasteiger partial charge in [-0.15, -0.1) is 4.74 Å². The van der Waals surface area contributed by atoms with Crippen molar-refractivity contribution in [2.24, 2.45) is 0 Å². The average molecular weight is 298 g/mol. The van der Waals surface area contributed by atoms with Gasteiger partial charge >= 0.3 is 5.63 Å². The van der Waals surface area contributed by atoms with E-state index in [0.717, 1.165) is 4.74 Å². The second-order valence-corrected chi connectivity index (χ2v) is 4.70. The molecule has 0 saturated carbocycles. The summed E-state index contributed by atoms with van der Waals surface area (Å²) in [6.07, 6.45) is 0. The lowest BCUT2D eigenvalue weighted by molar-refractivity contribution is 0.0974. The van der Waals surface area contributed by atoms with Crippen molar-refractivity contribution >= 4 is 34.1 Å². The van der Waals surface area contributed by atoms with E-state index in [1.54, 1.807) is 48.5 Å². The van der Waals surface area contributed by atoms with Crippen LogP contribution in [-0.2, 0) is 0 Å². The molecule has 0 fully saturated rings. The molecule has 0 aliphatic carbocycles. The van der Waals surface area contributed by atoms with Gasteiger partial charge in [0.15, 0.2) is 0 Å². The SMILES string of the molecule is O=C(NC(=S)n1oc(=O)c2ccccc21)c1ccccc1. The number of nitrogens with one attached hydrogen (secondary N) is 1. The van der Waals surface area contributed by atoms with E-state index in [2.05, 4.69) is 5.32 Å². The Bertz CT molecular complexity index is 881. The van der Waals surface area contributed by atoms with E-state index in [1.807, 2.05) is 6.07 Å². The van der Waals surface area contributed by atoms with Crippen molar-refractivity contribution in [1.29, 1.82) is 0 Å². The number of amides is 1. The monoisotopic (exact) mass is 298 g/mol. The largest absolute Gasteiger partial charge is 0.365 e. The van der Waals surface area contributed by atoms with Crippen LogP contribution in [0.2, 0.25) is 0 Å². The Morgan fingerprint density at radius 1 is 1.05 bits per heavy atom. The van der Waals surface area contributed by atoms with E-state index >= 15 is 0 Å². The van der Waals surface area contributed by atoms with E-state index in [9.17, 15) is 9.59 Å². The predicted octanol–water partition coefficient (Wildman–Crippen LogP) is 2.16. The Morgan fingerprint density at radius 3 is 2.48 bits per heavy atom. The molecule has 0 radical (unpaired) electrons. The number of fused-ring (bicyclic) bond motifs is 1. The zero-order valence-electron chi connectivity index (χ0n) is 10.8. The minimum Gasteiger partial charge on any atom is -0.328 e. The summed E-state index contributed by atoms with van der Waals surface area (Å²) >= 11 is 5.14. The highest BCUT2D eigenvalue weighted by Gasteiger charge is 2.14. The molecule has 6 heteroatoms. The third-order valence-electron chi connectivity index (χ3n) is 2.96. The fraction of sp³-hybridized carbons (Fsp3) is 0. The Kier molecular flexibility index (Phi) is 3.37. The van der Waals surface area contributed by atoms with E-state index in [1.165, 1.54) is 0 Å². The molecule has 5 nitrogen and oxygen atoms in total. The lowest BCUT2D eigenvalue weighted by Gasteiger charge is -2.06. The number of benzene rings is 2. The summed E-state index contributed by atoms with van der Waals surface area (Å²) in [7, 11) is 0.